The number of aryl methyl sites for hydroxylation is 1. The van der Waals surface area contributed by atoms with Gasteiger partial charge in [0.1, 0.15) is 0 Å². The lowest BCUT2D eigenvalue weighted by molar-refractivity contribution is -0.138. The van der Waals surface area contributed by atoms with Crippen LogP contribution < -0.4 is 5.73 Å². The molecule has 2 N–H and O–H groups in total. The molecule has 0 amide bonds. The van der Waals surface area contributed by atoms with E-state index in [4.69, 9.17) is 5.73 Å². The zero-order chi connectivity index (χ0) is 14.0. The van der Waals surface area contributed by atoms with Crippen molar-refractivity contribution in [3.63, 3.8) is 0 Å². The Kier molecular flexibility index (Phi) is 3.57. The van der Waals surface area contributed by atoms with E-state index in [9.17, 15) is 13.2 Å². The molecule has 1 aromatic carbocycles. The molecule has 0 radical (unpaired) electrons. The highest BCUT2D eigenvalue weighted by Gasteiger charge is 2.34. The highest BCUT2D eigenvalue weighted by atomic mass is 19.4. The van der Waals surface area contributed by atoms with Gasteiger partial charge in [0.15, 0.2) is 0 Å². The van der Waals surface area contributed by atoms with E-state index in [-0.39, 0.29) is 5.56 Å². The summed E-state index contributed by atoms with van der Waals surface area (Å²) in [4.78, 5) is 4.06. The van der Waals surface area contributed by atoms with Crippen LogP contribution in [0.25, 0.3) is 0 Å². The van der Waals surface area contributed by atoms with Crippen molar-refractivity contribution < 1.29 is 13.2 Å². The number of nitrogens with two attached hydrogens (primary N) is 1. The van der Waals surface area contributed by atoms with E-state index in [0.717, 1.165) is 6.07 Å². The van der Waals surface area contributed by atoms with Crippen molar-refractivity contribution in [3.05, 3.63) is 65.0 Å². The average Bonchev–Trinajstić information content (AvgIpc) is 2.37. The summed E-state index contributed by atoms with van der Waals surface area (Å²) in [5.41, 5.74) is 6.56. The smallest absolute Gasteiger partial charge is 0.320 e. The van der Waals surface area contributed by atoms with Crippen molar-refractivity contribution in [2.24, 2.45) is 5.73 Å². The Balaban J connectivity index is 2.51. The first-order valence-electron chi connectivity index (χ1n) is 5.74. The second kappa shape index (κ2) is 5.01. The normalized spacial score (nSPS) is 13.3. The summed E-state index contributed by atoms with van der Waals surface area (Å²) >= 11 is 0. The summed E-state index contributed by atoms with van der Waals surface area (Å²) < 4.78 is 38.9. The van der Waals surface area contributed by atoms with Gasteiger partial charge in [-0.2, -0.15) is 13.2 Å². The Morgan fingerprint density at radius 2 is 1.68 bits per heavy atom. The van der Waals surface area contributed by atoms with Crippen LogP contribution in [0.5, 0.6) is 0 Å². The molecule has 0 aliphatic carbocycles. The molecule has 1 atom stereocenters. The molecule has 0 fully saturated rings. The monoisotopic (exact) mass is 266 g/mol. The van der Waals surface area contributed by atoms with E-state index in [1.807, 2.05) is 0 Å². The number of aromatic nitrogens is 1. The van der Waals surface area contributed by atoms with Gasteiger partial charge in [-0.1, -0.05) is 24.3 Å². The zero-order valence-electron chi connectivity index (χ0n) is 10.3. The molecule has 0 saturated heterocycles. The minimum Gasteiger partial charge on any atom is -0.320 e. The fourth-order valence-electron chi connectivity index (χ4n) is 2.02. The van der Waals surface area contributed by atoms with Crippen molar-refractivity contribution in [2.45, 2.75) is 19.1 Å². The number of halogens is 3. The van der Waals surface area contributed by atoms with Crippen molar-refractivity contribution >= 4 is 0 Å². The molecule has 5 heteroatoms. The standard InChI is InChI=1S/C14H13F3N2/c1-9-10(6-4-8-19-9)13(18)11-5-2-3-7-12(11)14(15,16)17/h2-8,13H,18H2,1H3. The van der Waals surface area contributed by atoms with Crippen LogP contribution in [-0.2, 0) is 6.18 Å². The molecule has 1 aromatic heterocycles. The number of rotatable bonds is 2. The molecule has 0 aliphatic rings. The zero-order valence-corrected chi connectivity index (χ0v) is 10.3. The molecular formula is C14H13F3N2. The molecule has 2 nitrogen and oxygen atoms in total. The van der Waals surface area contributed by atoms with Crippen molar-refractivity contribution in [1.82, 2.24) is 4.98 Å². The summed E-state index contributed by atoms with van der Waals surface area (Å²) in [6.45, 7) is 1.73. The van der Waals surface area contributed by atoms with E-state index in [0.29, 0.717) is 11.3 Å². The second-order valence-corrected chi connectivity index (χ2v) is 4.24. The van der Waals surface area contributed by atoms with Gasteiger partial charge in [0.25, 0.3) is 0 Å². The minimum absolute atomic E-state index is 0.0612. The Bertz CT molecular complexity index is 579. The number of hydrogen-bond acceptors (Lipinski definition) is 2. The third-order valence-corrected chi connectivity index (χ3v) is 2.98. The first kappa shape index (κ1) is 13.5. The van der Waals surface area contributed by atoms with Crippen LogP contribution in [-0.4, -0.2) is 4.98 Å². The second-order valence-electron chi connectivity index (χ2n) is 4.24. The average molecular weight is 266 g/mol. The van der Waals surface area contributed by atoms with Gasteiger partial charge < -0.3 is 5.73 Å². The van der Waals surface area contributed by atoms with Crippen LogP contribution >= 0.6 is 0 Å². The van der Waals surface area contributed by atoms with Gasteiger partial charge in [-0.15, -0.1) is 0 Å². The Morgan fingerprint density at radius 1 is 1.05 bits per heavy atom. The molecule has 100 valence electrons. The predicted molar refractivity (Wildman–Crippen MR) is 66.4 cm³/mol. The van der Waals surface area contributed by atoms with Crippen molar-refractivity contribution in [1.29, 1.82) is 0 Å². The van der Waals surface area contributed by atoms with E-state index < -0.39 is 17.8 Å². The molecule has 1 heterocycles. The van der Waals surface area contributed by atoms with Gasteiger partial charge in [0, 0.05) is 11.9 Å². The van der Waals surface area contributed by atoms with Gasteiger partial charge in [0.05, 0.1) is 11.6 Å². The van der Waals surface area contributed by atoms with Gasteiger partial charge in [0.2, 0.25) is 0 Å². The maximum absolute atomic E-state index is 13.0. The van der Waals surface area contributed by atoms with Gasteiger partial charge in [-0.05, 0) is 30.2 Å². The Labute approximate surface area is 109 Å². The number of nitrogens with zero attached hydrogens (tertiary/aromatic N) is 1. The van der Waals surface area contributed by atoms with E-state index in [1.54, 1.807) is 31.3 Å². The highest BCUT2D eigenvalue weighted by molar-refractivity contribution is 5.39. The lowest BCUT2D eigenvalue weighted by atomic mass is 9.94. The topological polar surface area (TPSA) is 38.9 Å². The third kappa shape index (κ3) is 2.76. The van der Waals surface area contributed by atoms with Crippen LogP contribution in [0.2, 0.25) is 0 Å². The SMILES string of the molecule is Cc1ncccc1C(N)c1ccccc1C(F)(F)F. The molecule has 19 heavy (non-hydrogen) atoms. The quantitative estimate of drug-likeness (QED) is 0.904. The van der Waals surface area contributed by atoms with Crippen LogP contribution in [0, 0.1) is 6.92 Å². The molecule has 2 aromatic rings. The van der Waals surface area contributed by atoms with Gasteiger partial charge in [-0.25, -0.2) is 0 Å². The molecule has 0 saturated carbocycles. The van der Waals surface area contributed by atoms with Gasteiger partial charge in [-0.3, -0.25) is 4.98 Å². The van der Waals surface area contributed by atoms with Crippen LogP contribution in [0.15, 0.2) is 42.6 Å². The van der Waals surface area contributed by atoms with E-state index in [2.05, 4.69) is 4.98 Å². The number of benzene rings is 1. The number of hydrogen-bond donors (Lipinski definition) is 1. The lowest BCUT2D eigenvalue weighted by Gasteiger charge is -2.19. The highest BCUT2D eigenvalue weighted by Crippen LogP contribution is 2.35. The predicted octanol–water partition coefficient (Wildman–Crippen LogP) is 3.46. The van der Waals surface area contributed by atoms with E-state index >= 15 is 0 Å². The number of pyridine rings is 1. The molecule has 2 rings (SSSR count). The maximum atomic E-state index is 13.0. The maximum Gasteiger partial charge on any atom is 0.416 e. The summed E-state index contributed by atoms with van der Waals surface area (Å²) in [7, 11) is 0. The van der Waals surface area contributed by atoms with Crippen LogP contribution in [0.4, 0.5) is 13.2 Å². The summed E-state index contributed by atoms with van der Waals surface area (Å²) in [5, 5.41) is 0. The van der Waals surface area contributed by atoms with Crippen LogP contribution in [0.3, 0.4) is 0 Å². The summed E-state index contributed by atoms with van der Waals surface area (Å²) in [5.74, 6) is 0. The minimum atomic E-state index is -4.41. The summed E-state index contributed by atoms with van der Waals surface area (Å²) in [6, 6.07) is 7.87. The first-order valence-corrected chi connectivity index (χ1v) is 5.74. The molecule has 0 bridgehead atoms. The fraction of sp³-hybridized carbons (Fsp3) is 0.214. The van der Waals surface area contributed by atoms with Crippen LogP contribution in [0.1, 0.15) is 28.4 Å². The Hall–Kier alpha value is -1.88. The van der Waals surface area contributed by atoms with Gasteiger partial charge >= 0.3 is 6.18 Å². The molecule has 0 spiro atoms. The largest absolute Gasteiger partial charge is 0.416 e. The number of alkyl halides is 3. The molecule has 0 aliphatic heterocycles. The van der Waals surface area contributed by atoms with Crippen molar-refractivity contribution in [3.8, 4) is 0 Å². The molecular weight excluding hydrogens is 253 g/mol. The lowest BCUT2D eigenvalue weighted by Crippen LogP contribution is -2.19. The Morgan fingerprint density at radius 3 is 2.32 bits per heavy atom. The third-order valence-electron chi connectivity index (χ3n) is 2.98. The first-order chi connectivity index (χ1) is 8.91. The molecule has 1 unspecified atom stereocenters. The summed E-state index contributed by atoms with van der Waals surface area (Å²) in [6.07, 6.45) is -2.83. The van der Waals surface area contributed by atoms with E-state index in [1.165, 1.54) is 12.1 Å². The van der Waals surface area contributed by atoms with Crippen molar-refractivity contribution in [2.75, 3.05) is 0 Å². The fourth-order valence-corrected chi connectivity index (χ4v) is 2.02.